The fourth-order valence-corrected chi connectivity index (χ4v) is 1.51. The zero-order valence-corrected chi connectivity index (χ0v) is 12.6. The Hall–Kier alpha value is -1.63. The van der Waals surface area contributed by atoms with Crippen molar-refractivity contribution in [2.24, 2.45) is 5.92 Å². The first-order valence-corrected chi connectivity index (χ1v) is 6.72. The van der Waals surface area contributed by atoms with Gasteiger partial charge in [-0.05, 0) is 26.8 Å². The molecule has 0 aliphatic rings. The number of carboxylic acids is 1. The fraction of sp³-hybridized carbons (Fsp3) is 0.769. The van der Waals surface area contributed by atoms with Gasteiger partial charge >= 0.3 is 12.0 Å². The van der Waals surface area contributed by atoms with E-state index in [0.717, 1.165) is 0 Å². The van der Waals surface area contributed by atoms with E-state index in [1.165, 1.54) is 0 Å². The van der Waals surface area contributed by atoms with Crippen molar-refractivity contribution in [3.05, 3.63) is 0 Å². The molecule has 1 atom stereocenters. The van der Waals surface area contributed by atoms with E-state index in [1.807, 2.05) is 20.9 Å². The van der Waals surface area contributed by atoms with Crippen LogP contribution in [0.1, 0.15) is 33.6 Å². The molecule has 0 aliphatic carbocycles. The number of rotatable bonds is 8. The Morgan fingerprint density at radius 1 is 1.15 bits per heavy atom. The molecule has 3 N–H and O–H groups in total. The van der Waals surface area contributed by atoms with Gasteiger partial charge in [0.15, 0.2) is 0 Å². The molecule has 0 saturated heterocycles. The molecular formula is C13H25N3O4. The molecule has 0 aromatic carbocycles. The van der Waals surface area contributed by atoms with Crippen LogP contribution in [0, 0.1) is 5.92 Å². The van der Waals surface area contributed by atoms with E-state index in [-0.39, 0.29) is 18.8 Å². The van der Waals surface area contributed by atoms with Gasteiger partial charge in [-0.15, -0.1) is 0 Å². The number of carbonyl (C=O) groups is 3. The van der Waals surface area contributed by atoms with Gasteiger partial charge in [0, 0.05) is 32.0 Å². The van der Waals surface area contributed by atoms with Gasteiger partial charge in [0.25, 0.3) is 0 Å². The number of amides is 3. The smallest absolute Gasteiger partial charge is 0.321 e. The van der Waals surface area contributed by atoms with E-state index in [1.54, 1.807) is 6.92 Å². The van der Waals surface area contributed by atoms with Crippen LogP contribution in [0.15, 0.2) is 0 Å². The maximum Gasteiger partial charge on any atom is 0.321 e. The molecule has 0 aromatic heterocycles. The van der Waals surface area contributed by atoms with Gasteiger partial charge in [-0.3, -0.25) is 14.9 Å². The van der Waals surface area contributed by atoms with Crippen molar-refractivity contribution in [2.75, 3.05) is 20.1 Å². The number of hydrogen-bond acceptors (Lipinski definition) is 4. The Morgan fingerprint density at radius 3 is 2.25 bits per heavy atom. The van der Waals surface area contributed by atoms with Crippen LogP contribution in [0.3, 0.4) is 0 Å². The zero-order chi connectivity index (χ0) is 15.7. The van der Waals surface area contributed by atoms with Crippen LogP contribution in [-0.2, 0) is 9.59 Å². The largest absolute Gasteiger partial charge is 0.481 e. The first-order valence-electron chi connectivity index (χ1n) is 6.72. The lowest BCUT2D eigenvalue weighted by atomic mass is 10.0. The van der Waals surface area contributed by atoms with Gasteiger partial charge < -0.3 is 15.3 Å². The van der Waals surface area contributed by atoms with Crippen molar-refractivity contribution in [3.63, 3.8) is 0 Å². The van der Waals surface area contributed by atoms with Gasteiger partial charge in [0.05, 0.1) is 0 Å². The van der Waals surface area contributed by atoms with Crippen molar-refractivity contribution in [1.29, 1.82) is 0 Å². The van der Waals surface area contributed by atoms with Gasteiger partial charge in [-0.1, -0.05) is 6.92 Å². The Balaban J connectivity index is 3.85. The van der Waals surface area contributed by atoms with E-state index >= 15 is 0 Å². The summed E-state index contributed by atoms with van der Waals surface area (Å²) in [7, 11) is 1.95. The Bertz CT molecular complexity index is 345. The molecule has 0 bridgehead atoms. The second-order valence-corrected chi connectivity index (χ2v) is 5.29. The van der Waals surface area contributed by atoms with E-state index in [2.05, 4.69) is 15.5 Å². The van der Waals surface area contributed by atoms with Crippen LogP contribution in [0.4, 0.5) is 4.79 Å². The van der Waals surface area contributed by atoms with Gasteiger partial charge in [-0.25, -0.2) is 4.79 Å². The molecule has 0 aliphatic heterocycles. The third-order valence-corrected chi connectivity index (χ3v) is 2.94. The fourth-order valence-electron chi connectivity index (χ4n) is 1.51. The minimum absolute atomic E-state index is 0.0195. The first-order chi connectivity index (χ1) is 9.22. The molecule has 7 heteroatoms. The number of nitrogens with zero attached hydrogens (tertiary/aromatic N) is 1. The number of carboxylic acid groups (broad SMARTS) is 1. The molecule has 116 valence electrons. The molecule has 1 unspecified atom stereocenters. The lowest BCUT2D eigenvalue weighted by Crippen LogP contribution is -2.43. The molecular weight excluding hydrogens is 262 g/mol. The van der Waals surface area contributed by atoms with Crippen LogP contribution in [0.25, 0.3) is 0 Å². The molecule has 0 fully saturated rings. The molecule has 0 aromatic rings. The number of urea groups is 1. The monoisotopic (exact) mass is 287 g/mol. The summed E-state index contributed by atoms with van der Waals surface area (Å²) in [5.41, 5.74) is 0. The lowest BCUT2D eigenvalue weighted by molar-refractivity contribution is -0.138. The van der Waals surface area contributed by atoms with Crippen LogP contribution < -0.4 is 10.6 Å². The second-order valence-electron chi connectivity index (χ2n) is 5.29. The topological polar surface area (TPSA) is 98.7 Å². The predicted octanol–water partition coefficient (Wildman–Crippen LogP) is 0.653. The molecule has 3 amide bonds. The number of hydrogen-bond donors (Lipinski definition) is 3. The minimum atomic E-state index is -0.952. The molecule has 0 rings (SSSR count). The van der Waals surface area contributed by atoms with Crippen molar-refractivity contribution in [1.82, 2.24) is 15.5 Å². The third kappa shape index (κ3) is 9.32. The van der Waals surface area contributed by atoms with Gasteiger partial charge in [0.1, 0.15) is 0 Å². The summed E-state index contributed by atoms with van der Waals surface area (Å²) in [6.45, 7) is 6.89. The summed E-state index contributed by atoms with van der Waals surface area (Å²) in [6.07, 6.45) is -0.0696. The minimum Gasteiger partial charge on any atom is -0.481 e. The summed E-state index contributed by atoms with van der Waals surface area (Å²) in [6, 6.07) is -0.159. The number of nitrogens with one attached hydrogen (secondary N) is 2. The molecule has 20 heavy (non-hydrogen) atoms. The van der Waals surface area contributed by atoms with Crippen LogP contribution in [0.5, 0.6) is 0 Å². The van der Waals surface area contributed by atoms with E-state index < -0.39 is 17.9 Å². The molecule has 7 nitrogen and oxygen atoms in total. The molecule has 0 heterocycles. The number of imide groups is 1. The summed E-state index contributed by atoms with van der Waals surface area (Å²) >= 11 is 0. The normalized spacial score (nSPS) is 12.3. The van der Waals surface area contributed by atoms with Crippen molar-refractivity contribution >= 4 is 17.9 Å². The third-order valence-electron chi connectivity index (χ3n) is 2.94. The summed E-state index contributed by atoms with van der Waals surface area (Å²) in [5, 5.41) is 13.3. The highest BCUT2D eigenvalue weighted by atomic mass is 16.4. The van der Waals surface area contributed by atoms with E-state index in [0.29, 0.717) is 19.1 Å². The van der Waals surface area contributed by atoms with E-state index in [4.69, 9.17) is 5.11 Å². The lowest BCUT2D eigenvalue weighted by Gasteiger charge is -2.20. The first kappa shape index (κ1) is 18.4. The highest BCUT2D eigenvalue weighted by Gasteiger charge is 2.14. The second kappa shape index (κ2) is 9.30. The van der Waals surface area contributed by atoms with Crippen LogP contribution >= 0.6 is 0 Å². The number of carbonyl (C=O) groups excluding carboxylic acids is 2. The average Bonchev–Trinajstić information content (AvgIpc) is 2.26. The maximum absolute atomic E-state index is 11.5. The molecule has 0 spiro atoms. The Morgan fingerprint density at radius 2 is 1.75 bits per heavy atom. The molecule has 0 radical (unpaired) electrons. The summed E-state index contributed by atoms with van der Waals surface area (Å²) < 4.78 is 0. The summed E-state index contributed by atoms with van der Waals surface area (Å²) in [4.78, 5) is 35.4. The average molecular weight is 287 g/mol. The zero-order valence-electron chi connectivity index (χ0n) is 12.6. The number of likely N-dealkylation sites (N-methyl/N-ethyl adjacent to an activating group) is 1. The van der Waals surface area contributed by atoms with Crippen LogP contribution in [-0.4, -0.2) is 54.1 Å². The van der Waals surface area contributed by atoms with Gasteiger partial charge in [-0.2, -0.15) is 0 Å². The van der Waals surface area contributed by atoms with Crippen LogP contribution in [0.2, 0.25) is 0 Å². The summed E-state index contributed by atoms with van der Waals surface area (Å²) in [5.74, 6) is -1.72. The van der Waals surface area contributed by atoms with Gasteiger partial charge in [0.2, 0.25) is 5.91 Å². The quantitative estimate of drug-likeness (QED) is 0.609. The highest BCUT2D eigenvalue weighted by Crippen LogP contribution is 2.06. The Kier molecular flexibility index (Phi) is 8.54. The van der Waals surface area contributed by atoms with Crippen molar-refractivity contribution in [2.45, 2.75) is 39.7 Å². The van der Waals surface area contributed by atoms with E-state index in [9.17, 15) is 14.4 Å². The maximum atomic E-state index is 11.5. The predicted molar refractivity (Wildman–Crippen MR) is 75.3 cm³/mol. The van der Waals surface area contributed by atoms with Crippen molar-refractivity contribution in [3.8, 4) is 0 Å². The van der Waals surface area contributed by atoms with Crippen molar-refractivity contribution < 1.29 is 19.5 Å². The standard InChI is InChI=1S/C13H25N3O4/c1-9(2)16(4)6-5-14-13(20)15-11(17)7-10(3)8-12(18)19/h9-10H,5-8H2,1-4H3,(H,18,19)(H2,14,15,17,20). The number of aliphatic carboxylic acids is 1. The molecule has 0 saturated carbocycles. The Labute approximate surface area is 119 Å². The SMILES string of the molecule is CC(CC(=O)O)CC(=O)NC(=O)NCCN(C)C(C)C. The highest BCUT2D eigenvalue weighted by molar-refractivity contribution is 5.94.